The van der Waals surface area contributed by atoms with Crippen molar-refractivity contribution in [3.8, 4) is 0 Å². The van der Waals surface area contributed by atoms with Crippen molar-refractivity contribution in [2.75, 3.05) is 6.61 Å². The maximum absolute atomic E-state index is 9.00. The Bertz CT molecular complexity index is 156. The third-order valence-electron chi connectivity index (χ3n) is 1.01. The molecule has 0 saturated heterocycles. The van der Waals surface area contributed by atoms with Crippen LogP contribution in [0.1, 0.15) is 26.7 Å². The lowest BCUT2D eigenvalue weighted by atomic mass is 10.3. The molecule has 0 radical (unpaired) electrons. The molecule has 0 heterocycles. The summed E-state index contributed by atoms with van der Waals surface area (Å²) in [7, 11) is 0. The lowest BCUT2D eigenvalue weighted by Gasteiger charge is -1.83. The largest absolute Gasteiger partial charge is 0.481 e. The van der Waals surface area contributed by atoms with Gasteiger partial charge in [-0.2, -0.15) is 0 Å². The molecule has 76 valence electrons. The Balaban J connectivity index is 0. The third-order valence-corrected chi connectivity index (χ3v) is 1.01. The Morgan fingerprint density at radius 1 is 1.23 bits per heavy atom. The number of carboxylic acids is 1. The topological polar surface area (TPSA) is 57.5 Å². The Morgan fingerprint density at radius 2 is 1.69 bits per heavy atom. The van der Waals surface area contributed by atoms with Crippen molar-refractivity contribution < 1.29 is 15.0 Å². The van der Waals surface area contributed by atoms with Crippen LogP contribution in [0.4, 0.5) is 0 Å². The monoisotopic (exact) mass is 186 g/mol. The predicted octanol–water partition coefficient (Wildman–Crippen LogP) is 1.98. The van der Waals surface area contributed by atoms with E-state index in [4.69, 9.17) is 15.0 Å². The molecule has 0 aromatic carbocycles. The van der Waals surface area contributed by atoms with Crippen molar-refractivity contribution in [3.05, 3.63) is 24.3 Å². The molecule has 0 fully saturated rings. The number of aliphatic hydroxyl groups excluding tert-OH is 1. The molecule has 0 aliphatic rings. The number of carbonyl (C=O) groups is 1. The molecular formula is C10H18O3. The first-order chi connectivity index (χ1) is 6.15. The maximum atomic E-state index is 9.00. The van der Waals surface area contributed by atoms with E-state index in [1.54, 1.807) is 6.08 Å². The third kappa shape index (κ3) is 35.9. The van der Waals surface area contributed by atoms with Crippen LogP contribution < -0.4 is 0 Å². The van der Waals surface area contributed by atoms with Gasteiger partial charge in [0.05, 0.1) is 6.61 Å². The highest BCUT2D eigenvalue weighted by Gasteiger charge is 1.72. The van der Waals surface area contributed by atoms with Crippen molar-refractivity contribution in [1.29, 1.82) is 0 Å². The zero-order valence-corrected chi connectivity index (χ0v) is 8.23. The number of hydrogen-bond acceptors (Lipinski definition) is 2. The lowest BCUT2D eigenvalue weighted by Crippen LogP contribution is -1.78. The van der Waals surface area contributed by atoms with Gasteiger partial charge in [0.1, 0.15) is 0 Å². The van der Waals surface area contributed by atoms with Gasteiger partial charge in [-0.3, -0.25) is 4.79 Å². The summed E-state index contributed by atoms with van der Waals surface area (Å²) < 4.78 is 0. The number of carboxylic acid groups (broad SMARTS) is 1. The molecular weight excluding hydrogens is 168 g/mol. The normalized spacial score (nSPS) is 10.1. The van der Waals surface area contributed by atoms with Crippen LogP contribution in [0.3, 0.4) is 0 Å². The molecule has 0 amide bonds. The molecule has 2 N–H and O–H groups in total. The van der Waals surface area contributed by atoms with E-state index in [1.807, 2.05) is 19.1 Å². The second kappa shape index (κ2) is 13.5. The molecule has 0 rings (SSSR count). The minimum Gasteiger partial charge on any atom is -0.481 e. The lowest BCUT2D eigenvalue weighted by molar-refractivity contribution is -0.134. The van der Waals surface area contributed by atoms with Gasteiger partial charge >= 0.3 is 0 Å². The predicted molar refractivity (Wildman–Crippen MR) is 53.6 cm³/mol. The van der Waals surface area contributed by atoms with Crippen molar-refractivity contribution in [2.24, 2.45) is 0 Å². The summed E-state index contributed by atoms with van der Waals surface area (Å²) in [5, 5.41) is 15.7. The highest BCUT2D eigenvalue weighted by atomic mass is 16.4. The van der Waals surface area contributed by atoms with E-state index in [1.165, 1.54) is 0 Å². The van der Waals surface area contributed by atoms with E-state index in [9.17, 15) is 0 Å². The van der Waals surface area contributed by atoms with Gasteiger partial charge < -0.3 is 10.2 Å². The minimum atomic E-state index is -0.833. The SMILES string of the molecule is CC(=O)O.CC=CCCC=CCO. The van der Waals surface area contributed by atoms with Gasteiger partial charge in [-0.1, -0.05) is 24.3 Å². The summed E-state index contributed by atoms with van der Waals surface area (Å²) in [4.78, 5) is 9.00. The van der Waals surface area contributed by atoms with E-state index < -0.39 is 5.97 Å². The van der Waals surface area contributed by atoms with E-state index in [2.05, 4.69) is 6.08 Å². The van der Waals surface area contributed by atoms with Crippen LogP contribution in [0.5, 0.6) is 0 Å². The fraction of sp³-hybridized carbons (Fsp3) is 0.500. The van der Waals surface area contributed by atoms with Gasteiger partial charge in [-0.25, -0.2) is 0 Å². The van der Waals surface area contributed by atoms with E-state index in [0.29, 0.717) is 0 Å². The molecule has 0 atom stereocenters. The summed E-state index contributed by atoms with van der Waals surface area (Å²) in [6.07, 6.45) is 10.0. The highest BCUT2D eigenvalue weighted by molar-refractivity contribution is 5.62. The summed E-state index contributed by atoms with van der Waals surface area (Å²) in [5.74, 6) is -0.833. The molecule has 0 bridgehead atoms. The second-order valence-corrected chi connectivity index (χ2v) is 2.32. The van der Waals surface area contributed by atoms with Crippen LogP contribution in [-0.4, -0.2) is 22.8 Å². The summed E-state index contributed by atoms with van der Waals surface area (Å²) in [6.45, 7) is 3.26. The minimum absolute atomic E-state index is 0.163. The van der Waals surface area contributed by atoms with Crippen LogP contribution in [0, 0.1) is 0 Å². The molecule has 0 saturated carbocycles. The van der Waals surface area contributed by atoms with Crippen molar-refractivity contribution in [1.82, 2.24) is 0 Å². The molecule has 13 heavy (non-hydrogen) atoms. The standard InChI is InChI=1S/C8H14O.C2H4O2/c1-2-3-4-5-6-7-8-9;1-2(3)4/h2-3,6-7,9H,4-5,8H2,1H3;1H3,(H,3,4). The molecule has 0 aliphatic heterocycles. The van der Waals surface area contributed by atoms with Gasteiger partial charge in [0, 0.05) is 6.92 Å². The Morgan fingerprint density at radius 3 is 2.08 bits per heavy atom. The van der Waals surface area contributed by atoms with Gasteiger partial charge in [-0.05, 0) is 19.8 Å². The number of unbranched alkanes of at least 4 members (excludes halogenated alkanes) is 1. The fourth-order valence-electron chi connectivity index (χ4n) is 0.552. The van der Waals surface area contributed by atoms with Crippen LogP contribution in [0.25, 0.3) is 0 Å². The van der Waals surface area contributed by atoms with Gasteiger partial charge in [0.15, 0.2) is 0 Å². The van der Waals surface area contributed by atoms with Crippen LogP contribution in [0.2, 0.25) is 0 Å². The summed E-state index contributed by atoms with van der Waals surface area (Å²) >= 11 is 0. The summed E-state index contributed by atoms with van der Waals surface area (Å²) in [5.41, 5.74) is 0. The quantitative estimate of drug-likeness (QED) is 0.521. The van der Waals surface area contributed by atoms with Crippen LogP contribution in [0.15, 0.2) is 24.3 Å². The van der Waals surface area contributed by atoms with Crippen molar-refractivity contribution in [2.45, 2.75) is 26.7 Å². The van der Waals surface area contributed by atoms with E-state index in [-0.39, 0.29) is 6.61 Å². The number of hydrogen-bond donors (Lipinski definition) is 2. The number of aliphatic hydroxyl groups is 1. The summed E-state index contributed by atoms with van der Waals surface area (Å²) in [6, 6.07) is 0. The number of allylic oxidation sites excluding steroid dienone is 3. The molecule has 0 aromatic heterocycles. The first-order valence-electron chi connectivity index (χ1n) is 4.21. The molecule has 0 unspecified atom stereocenters. The number of rotatable bonds is 4. The molecule has 3 nitrogen and oxygen atoms in total. The molecule has 0 aromatic rings. The smallest absolute Gasteiger partial charge is 0.300 e. The molecule has 3 heteroatoms. The molecule has 0 spiro atoms. The number of aliphatic carboxylic acids is 1. The first kappa shape index (κ1) is 14.4. The van der Waals surface area contributed by atoms with Gasteiger partial charge in [0.2, 0.25) is 0 Å². The Kier molecular flexibility index (Phi) is 15.0. The maximum Gasteiger partial charge on any atom is 0.300 e. The van der Waals surface area contributed by atoms with Crippen LogP contribution >= 0.6 is 0 Å². The first-order valence-corrected chi connectivity index (χ1v) is 4.21. The van der Waals surface area contributed by atoms with Gasteiger partial charge in [0.25, 0.3) is 5.97 Å². The average molecular weight is 186 g/mol. The van der Waals surface area contributed by atoms with Gasteiger partial charge in [-0.15, -0.1) is 0 Å². The van der Waals surface area contributed by atoms with E-state index >= 15 is 0 Å². The van der Waals surface area contributed by atoms with Crippen molar-refractivity contribution >= 4 is 5.97 Å². The van der Waals surface area contributed by atoms with Crippen LogP contribution in [-0.2, 0) is 4.79 Å². The molecule has 0 aliphatic carbocycles. The Labute approximate surface area is 79.4 Å². The second-order valence-electron chi connectivity index (χ2n) is 2.32. The average Bonchev–Trinajstić information content (AvgIpc) is 2.03. The van der Waals surface area contributed by atoms with E-state index in [0.717, 1.165) is 19.8 Å². The van der Waals surface area contributed by atoms with Crippen molar-refractivity contribution in [3.63, 3.8) is 0 Å². The highest BCUT2D eigenvalue weighted by Crippen LogP contribution is 1.91. The Hall–Kier alpha value is -1.09. The zero-order chi connectivity index (χ0) is 10.5. The zero-order valence-electron chi connectivity index (χ0n) is 8.23. The fourth-order valence-corrected chi connectivity index (χ4v) is 0.552.